The highest BCUT2D eigenvalue weighted by Crippen LogP contribution is 2.24. The molecule has 0 aliphatic heterocycles. The predicted molar refractivity (Wildman–Crippen MR) is 70.9 cm³/mol. The normalized spacial score (nSPS) is 12.6. The summed E-state index contributed by atoms with van der Waals surface area (Å²) in [6.45, 7) is 2.07. The van der Waals surface area contributed by atoms with Crippen molar-refractivity contribution in [1.82, 2.24) is 4.98 Å². The summed E-state index contributed by atoms with van der Waals surface area (Å²) in [5.41, 5.74) is 9.07. The van der Waals surface area contributed by atoms with Crippen LogP contribution in [0.1, 0.15) is 23.5 Å². The molecule has 1 heterocycles. The van der Waals surface area contributed by atoms with E-state index >= 15 is 0 Å². The number of aliphatic hydroxyl groups is 1. The van der Waals surface area contributed by atoms with Crippen LogP contribution in [0, 0.1) is 0 Å². The fraction of sp³-hybridized carbons (Fsp3) is 0.308. The molecule has 2 rings (SSSR count). The number of hydrogen-bond donors (Lipinski definition) is 2. The highest BCUT2D eigenvalue weighted by molar-refractivity contribution is 7.10. The second-order valence-corrected chi connectivity index (χ2v) is 4.80. The molecule has 2 aromatic rings. The van der Waals surface area contributed by atoms with Gasteiger partial charge in [0.15, 0.2) is 0 Å². The summed E-state index contributed by atoms with van der Waals surface area (Å²) in [5, 5.41) is 11.7. The summed E-state index contributed by atoms with van der Waals surface area (Å²) in [5.74, 6) is 0. The topological polar surface area (TPSA) is 59.1 Å². The van der Waals surface area contributed by atoms with Crippen LogP contribution in [0.5, 0.6) is 0 Å². The van der Waals surface area contributed by atoms with Gasteiger partial charge in [-0.2, -0.15) is 0 Å². The highest BCUT2D eigenvalue weighted by atomic mass is 32.1. The van der Waals surface area contributed by atoms with Gasteiger partial charge in [-0.1, -0.05) is 31.2 Å². The average molecular weight is 248 g/mol. The minimum Gasteiger partial charge on any atom is -0.394 e. The number of benzene rings is 1. The van der Waals surface area contributed by atoms with Crippen LogP contribution in [0.2, 0.25) is 0 Å². The van der Waals surface area contributed by atoms with E-state index in [1.807, 2.05) is 5.38 Å². The number of nitrogens with zero attached hydrogens (tertiary/aromatic N) is 1. The summed E-state index contributed by atoms with van der Waals surface area (Å²) >= 11 is 1.49. The first kappa shape index (κ1) is 12.2. The third kappa shape index (κ3) is 2.72. The van der Waals surface area contributed by atoms with Crippen molar-refractivity contribution in [2.75, 3.05) is 6.61 Å². The Labute approximate surface area is 105 Å². The Morgan fingerprint density at radius 1 is 1.35 bits per heavy atom. The first-order valence-corrected chi connectivity index (χ1v) is 6.53. The lowest BCUT2D eigenvalue weighted by Crippen LogP contribution is -2.13. The van der Waals surface area contributed by atoms with E-state index in [1.165, 1.54) is 16.9 Å². The monoisotopic (exact) mass is 248 g/mol. The van der Waals surface area contributed by atoms with E-state index in [2.05, 4.69) is 36.2 Å². The molecule has 0 saturated heterocycles. The van der Waals surface area contributed by atoms with E-state index in [-0.39, 0.29) is 12.6 Å². The van der Waals surface area contributed by atoms with Crippen LogP contribution in [0.3, 0.4) is 0 Å². The fourth-order valence-electron chi connectivity index (χ4n) is 1.58. The summed E-state index contributed by atoms with van der Waals surface area (Å²) < 4.78 is 0. The lowest BCUT2D eigenvalue weighted by molar-refractivity contribution is 0.268. The zero-order chi connectivity index (χ0) is 12.3. The number of thiazole rings is 1. The van der Waals surface area contributed by atoms with E-state index < -0.39 is 0 Å². The summed E-state index contributed by atoms with van der Waals surface area (Å²) in [4.78, 5) is 4.44. The van der Waals surface area contributed by atoms with Crippen molar-refractivity contribution >= 4 is 11.3 Å². The first-order valence-electron chi connectivity index (χ1n) is 5.65. The molecule has 1 aromatic heterocycles. The van der Waals surface area contributed by atoms with Crippen LogP contribution in [-0.4, -0.2) is 16.7 Å². The number of rotatable bonds is 4. The molecule has 0 spiro atoms. The van der Waals surface area contributed by atoms with Gasteiger partial charge >= 0.3 is 0 Å². The van der Waals surface area contributed by atoms with Crippen molar-refractivity contribution in [3.8, 4) is 11.3 Å². The van der Waals surface area contributed by atoms with E-state index in [4.69, 9.17) is 10.8 Å². The molecule has 0 fully saturated rings. The van der Waals surface area contributed by atoms with E-state index in [0.29, 0.717) is 0 Å². The Bertz CT molecular complexity index is 478. The van der Waals surface area contributed by atoms with E-state index in [0.717, 1.165) is 22.7 Å². The Morgan fingerprint density at radius 2 is 2.06 bits per heavy atom. The Balaban J connectivity index is 2.24. The molecule has 90 valence electrons. The second kappa shape index (κ2) is 5.40. The standard InChI is InChI=1S/C13H16N2OS/c1-2-9-3-5-10(6-4-9)12-8-17-13(15-12)11(14)7-16/h3-6,8,11,16H,2,7,14H2,1H3. The maximum atomic E-state index is 8.98. The number of aliphatic hydroxyl groups excluding tert-OH is 1. The van der Waals surface area contributed by atoms with Crippen LogP contribution >= 0.6 is 11.3 Å². The smallest absolute Gasteiger partial charge is 0.112 e. The quantitative estimate of drug-likeness (QED) is 0.873. The van der Waals surface area contributed by atoms with E-state index in [1.54, 1.807) is 0 Å². The molecule has 0 aliphatic carbocycles. The minimum absolute atomic E-state index is 0.0677. The van der Waals surface area contributed by atoms with Crippen molar-refractivity contribution in [3.05, 3.63) is 40.2 Å². The van der Waals surface area contributed by atoms with E-state index in [9.17, 15) is 0 Å². The van der Waals surface area contributed by atoms with Crippen LogP contribution in [0.4, 0.5) is 0 Å². The van der Waals surface area contributed by atoms with Crippen LogP contribution in [0.15, 0.2) is 29.6 Å². The lowest BCUT2D eigenvalue weighted by Gasteiger charge is -2.02. The molecule has 17 heavy (non-hydrogen) atoms. The molecule has 0 amide bonds. The van der Waals surface area contributed by atoms with Gasteiger partial charge in [0.2, 0.25) is 0 Å². The number of aromatic nitrogens is 1. The fourth-order valence-corrected chi connectivity index (χ4v) is 2.40. The maximum absolute atomic E-state index is 8.98. The van der Waals surface area contributed by atoms with Crippen molar-refractivity contribution < 1.29 is 5.11 Å². The van der Waals surface area contributed by atoms with Crippen LogP contribution in [0.25, 0.3) is 11.3 Å². The van der Waals surface area contributed by atoms with Gasteiger partial charge in [-0.3, -0.25) is 0 Å². The summed E-state index contributed by atoms with van der Waals surface area (Å²) in [6.07, 6.45) is 1.04. The molecule has 0 saturated carbocycles. The Kier molecular flexibility index (Phi) is 3.89. The minimum atomic E-state index is -0.372. The van der Waals surface area contributed by atoms with Crippen molar-refractivity contribution in [2.45, 2.75) is 19.4 Å². The third-order valence-corrected chi connectivity index (χ3v) is 3.67. The SMILES string of the molecule is CCc1ccc(-c2csc(C(N)CO)n2)cc1. The molecule has 0 aliphatic rings. The molecule has 4 heteroatoms. The van der Waals surface area contributed by atoms with Gasteiger partial charge in [0.05, 0.1) is 18.3 Å². The van der Waals surface area contributed by atoms with Crippen molar-refractivity contribution in [3.63, 3.8) is 0 Å². The largest absolute Gasteiger partial charge is 0.394 e. The number of hydrogen-bond acceptors (Lipinski definition) is 4. The molecule has 0 bridgehead atoms. The van der Waals surface area contributed by atoms with Gasteiger partial charge in [-0.15, -0.1) is 11.3 Å². The molecular weight excluding hydrogens is 232 g/mol. The Morgan fingerprint density at radius 3 is 2.65 bits per heavy atom. The van der Waals surface area contributed by atoms with Crippen LogP contribution < -0.4 is 5.73 Å². The second-order valence-electron chi connectivity index (χ2n) is 3.91. The highest BCUT2D eigenvalue weighted by Gasteiger charge is 2.10. The predicted octanol–water partition coefficient (Wildman–Crippen LogP) is 2.36. The zero-order valence-corrected chi connectivity index (χ0v) is 10.6. The molecule has 1 unspecified atom stereocenters. The first-order chi connectivity index (χ1) is 8.24. The third-order valence-electron chi connectivity index (χ3n) is 2.69. The summed E-state index contributed by atoms with van der Waals surface area (Å²) in [7, 11) is 0. The van der Waals surface area contributed by atoms with Gasteiger partial charge in [0, 0.05) is 10.9 Å². The molecular formula is C13H16N2OS. The zero-order valence-electron chi connectivity index (χ0n) is 9.76. The van der Waals surface area contributed by atoms with Gasteiger partial charge in [0.1, 0.15) is 5.01 Å². The van der Waals surface area contributed by atoms with Gasteiger partial charge in [-0.05, 0) is 12.0 Å². The van der Waals surface area contributed by atoms with Gasteiger partial charge in [-0.25, -0.2) is 4.98 Å². The van der Waals surface area contributed by atoms with Gasteiger partial charge in [0.25, 0.3) is 0 Å². The van der Waals surface area contributed by atoms with Crippen LogP contribution in [-0.2, 0) is 6.42 Å². The molecule has 3 N–H and O–H groups in total. The Hall–Kier alpha value is -1.23. The van der Waals surface area contributed by atoms with Crippen molar-refractivity contribution in [2.24, 2.45) is 5.73 Å². The van der Waals surface area contributed by atoms with Crippen molar-refractivity contribution in [1.29, 1.82) is 0 Å². The molecule has 0 radical (unpaired) electrons. The lowest BCUT2D eigenvalue weighted by atomic mass is 10.1. The number of nitrogens with two attached hydrogens (primary N) is 1. The molecule has 1 atom stereocenters. The number of aryl methyl sites for hydroxylation is 1. The molecule has 1 aromatic carbocycles. The average Bonchev–Trinajstić information content (AvgIpc) is 2.87. The van der Waals surface area contributed by atoms with Gasteiger partial charge < -0.3 is 10.8 Å². The summed E-state index contributed by atoms with van der Waals surface area (Å²) in [6, 6.07) is 7.99. The molecule has 3 nitrogen and oxygen atoms in total. The maximum Gasteiger partial charge on any atom is 0.112 e.